The van der Waals surface area contributed by atoms with Gasteiger partial charge in [-0.15, -0.1) is 0 Å². The first kappa shape index (κ1) is 12.9. The summed E-state index contributed by atoms with van der Waals surface area (Å²) < 4.78 is 12.6. The number of aliphatic hydroxyl groups is 1. The Morgan fingerprint density at radius 1 is 1.44 bits per heavy atom. The molecule has 0 aliphatic heterocycles. The van der Waals surface area contributed by atoms with E-state index in [1.807, 2.05) is 0 Å². The molecule has 1 heterocycles. The highest BCUT2D eigenvalue weighted by Crippen LogP contribution is 2.22. The van der Waals surface area contributed by atoms with Crippen LogP contribution in [0.3, 0.4) is 0 Å². The van der Waals surface area contributed by atoms with E-state index >= 15 is 0 Å². The highest BCUT2D eigenvalue weighted by molar-refractivity contribution is 5.33. The molecule has 1 aromatic rings. The lowest BCUT2D eigenvalue weighted by Gasteiger charge is -2.24. The lowest BCUT2D eigenvalue weighted by atomic mass is 9.88. The highest BCUT2D eigenvalue weighted by atomic mass is 19.1. The van der Waals surface area contributed by atoms with Crippen molar-refractivity contribution in [2.75, 3.05) is 18.5 Å². The van der Waals surface area contributed by atoms with Crippen molar-refractivity contribution in [3.8, 4) is 0 Å². The van der Waals surface area contributed by atoms with Crippen LogP contribution in [0.15, 0.2) is 18.3 Å². The smallest absolute Gasteiger partial charge is 0.141 e. The number of halogens is 1. The summed E-state index contributed by atoms with van der Waals surface area (Å²) in [6.07, 6.45) is 2.94. The first-order valence-corrected chi connectivity index (χ1v) is 5.50. The number of rotatable bonds is 6. The first-order valence-electron chi connectivity index (χ1n) is 5.50. The second-order valence-electron chi connectivity index (χ2n) is 4.71. The molecule has 16 heavy (non-hydrogen) atoms. The molecule has 0 aliphatic carbocycles. The Bertz CT molecular complexity index is 311. The molecule has 0 saturated carbocycles. The van der Waals surface area contributed by atoms with Crippen LogP contribution in [0.2, 0.25) is 0 Å². The van der Waals surface area contributed by atoms with Crippen LogP contribution in [-0.4, -0.2) is 23.2 Å². The van der Waals surface area contributed by atoms with E-state index in [1.54, 1.807) is 6.07 Å². The van der Waals surface area contributed by atoms with Crippen molar-refractivity contribution in [1.29, 1.82) is 0 Å². The van der Waals surface area contributed by atoms with Crippen molar-refractivity contribution < 1.29 is 9.50 Å². The summed E-state index contributed by atoms with van der Waals surface area (Å²) in [5.74, 6) is 0.351. The molecule has 0 aromatic carbocycles. The molecule has 0 radical (unpaired) electrons. The molecular formula is C12H19FN2O. The summed E-state index contributed by atoms with van der Waals surface area (Å²) in [7, 11) is 0. The third-order valence-electron chi connectivity index (χ3n) is 2.49. The maximum atomic E-state index is 12.6. The number of pyridine rings is 1. The number of aromatic nitrogens is 1. The van der Waals surface area contributed by atoms with Gasteiger partial charge in [-0.3, -0.25) is 0 Å². The van der Waals surface area contributed by atoms with Gasteiger partial charge in [0.05, 0.1) is 6.20 Å². The Morgan fingerprint density at radius 2 is 2.19 bits per heavy atom. The van der Waals surface area contributed by atoms with Crippen LogP contribution in [0.1, 0.15) is 26.7 Å². The van der Waals surface area contributed by atoms with E-state index in [-0.39, 0.29) is 17.8 Å². The molecule has 4 heteroatoms. The Kier molecular flexibility index (Phi) is 4.68. The average Bonchev–Trinajstić information content (AvgIpc) is 2.26. The molecule has 1 rings (SSSR count). The molecule has 0 saturated heterocycles. The topological polar surface area (TPSA) is 45.1 Å². The third kappa shape index (κ3) is 4.57. The molecule has 90 valence electrons. The Balaban J connectivity index is 2.41. The molecule has 0 fully saturated rings. The van der Waals surface area contributed by atoms with Gasteiger partial charge in [-0.05, 0) is 30.4 Å². The zero-order valence-electron chi connectivity index (χ0n) is 9.83. The van der Waals surface area contributed by atoms with Crippen molar-refractivity contribution >= 4 is 5.82 Å². The molecular weight excluding hydrogens is 207 g/mol. The minimum Gasteiger partial charge on any atom is -0.396 e. The summed E-state index contributed by atoms with van der Waals surface area (Å²) >= 11 is 0. The largest absolute Gasteiger partial charge is 0.396 e. The fourth-order valence-corrected chi connectivity index (χ4v) is 1.46. The fourth-order valence-electron chi connectivity index (χ4n) is 1.46. The summed E-state index contributed by atoms with van der Waals surface area (Å²) in [6, 6.07) is 3.01. The molecule has 1 aromatic heterocycles. The van der Waals surface area contributed by atoms with Gasteiger partial charge < -0.3 is 10.4 Å². The molecule has 2 N–H and O–H groups in total. The van der Waals surface area contributed by atoms with E-state index in [2.05, 4.69) is 24.1 Å². The number of anilines is 1. The van der Waals surface area contributed by atoms with Crippen molar-refractivity contribution in [1.82, 2.24) is 4.98 Å². The zero-order chi connectivity index (χ0) is 12.0. The van der Waals surface area contributed by atoms with Crippen LogP contribution in [0.5, 0.6) is 0 Å². The number of hydrogen-bond donors (Lipinski definition) is 2. The van der Waals surface area contributed by atoms with E-state index in [0.717, 1.165) is 19.4 Å². The van der Waals surface area contributed by atoms with Crippen LogP contribution in [-0.2, 0) is 0 Å². The quantitative estimate of drug-likeness (QED) is 0.783. The Morgan fingerprint density at radius 3 is 2.75 bits per heavy atom. The molecule has 0 amide bonds. The minimum atomic E-state index is -0.329. The zero-order valence-corrected chi connectivity index (χ0v) is 9.83. The minimum absolute atomic E-state index is 0.0960. The van der Waals surface area contributed by atoms with E-state index < -0.39 is 0 Å². The van der Waals surface area contributed by atoms with E-state index in [1.165, 1.54) is 12.3 Å². The Hall–Kier alpha value is -1.16. The number of nitrogens with one attached hydrogen (secondary N) is 1. The summed E-state index contributed by atoms with van der Waals surface area (Å²) in [5, 5.41) is 11.9. The molecule has 0 bridgehead atoms. The van der Waals surface area contributed by atoms with Gasteiger partial charge in [0.25, 0.3) is 0 Å². The van der Waals surface area contributed by atoms with Gasteiger partial charge >= 0.3 is 0 Å². The lowest BCUT2D eigenvalue weighted by Crippen LogP contribution is -2.23. The van der Waals surface area contributed by atoms with Gasteiger partial charge in [0, 0.05) is 13.2 Å². The monoisotopic (exact) mass is 226 g/mol. The van der Waals surface area contributed by atoms with Gasteiger partial charge in [0.15, 0.2) is 0 Å². The lowest BCUT2D eigenvalue weighted by molar-refractivity contribution is 0.248. The van der Waals surface area contributed by atoms with Gasteiger partial charge in [0.1, 0.15) is 11.6 Å². The van der Waals surface area contributed by atoms with Crippen LogP contribution < -0.4 is 5.32 Å². The third-order valence-corrected chi connectivity index (χ3v) is 2.49. The van der Waals surface area contributed by atoms with E-state index in [9.17, 15) is 4.39 Å². The highest BCUT2D eigenvalue weighted by Gasteiger charge is 2.16. The maximum absolute atomic E-state index is 12.6. The van der Waals surface area contributed by atoms with Crippen LogP contribution in [0.25, 0.3) is 0 Å². The average molecular weight is 226 g/mol. The summed E-state index contributed by atoms with van der Waals surface area (Å²) in [6.45, 7) is 5.22. The van der Waals surface area contributed by atoms with E-state index in [0.29, 0.717) is 5.82 Å². The standard InChI is InChI=1S/C12H19FN2O/c1-12(2,6-3-7-16)9-15-11-5-4-10(13)8-14-11/h4-5,8,16H,3,6-7,9H2,1-2H3,(H,14,15). The van der Waals surface area contributed by atoms with Crippen molar-refractivity contribution in [3.05, 3.63) is 24.1 Å². The first-order chi connectivity index (χ1) is 7.53. The summed E-state index contributed by atoms with van der Waals surface area (Å²) in [4.78, 5) is 3.93. The number of hydrogen-bond acceptors (Lipinski definition) is 3. The van der Waals surface area contributed by atoms with Gasteiger partial charge in [-0.2, -0.15) is 0 Å². The van der Waals surface area contributed by atoms with Gasteiger partial charge in [0.2, 0.25) is 0 Å². The molecule has 0 atom stereocenters. The van der Waals surface area contributed by atoms with Crippen molar-refractivity contribution in [3.63, 3.8) is 0 Å². The van der Waals surface area contributed by atoms with Crippen LogP contribution in [0.4, 0.5) is 10.2 Å². The van der Waals surface area contributed by atoms with Gasteiger partial charge in [-0.1, -0.05) is 13.8 Å². The Labute approximate surface area is 95.7 Å². The molecule has 0 aliphatic rings. The number of nitrogens with zero attached hydrogens (tertiary/aromatic N) is 1. The van der Waals surface area contributed by atoms with Gasteiger partial charge in [-0.25, -0.2) is 9.37 Å². The van der Waals surface area contributed by atoms with Crippen LogP contribution >= 0.6 is 0 Å². The molecule has 0 unspecified atom stereocenters. The fraction of sp³-hybridized carbons (Fsp3) is 0.583. The summed E-state index contributed by atoms with van der Waals surface area (Å²) in [5.41, 5.74) is 0.0960. The number of aliphatic hydroxyl groups excluding tert-OH is 1. The molecule has 3 nitrogen and oxygen atoms in total. The molecule has 0 spiro atoms. The normalized spacial score (nSPS) is 11.5. The maximum Gasteiger partial charge on any atom is 0.141 e. The predicted octanol–water partition coefficient (Wildman–Crippen LogP) is 2.43. The van der Waals surface area contributed by atoms with E-state index in [4.69, 9.17) is 5.11 Å². The van der Waals surface area contributed by atoms with Crippen LogP contribution in [0, 0.1) is 11.2 Å². The predicted molar refractivity (Wildman–Crippen MR) is 62.8 cm³/mol. The van der Waals surface area contributed by atoms with Crippen molar-refractivity contribution in [2.45, 2.75) is 26.7 Å². The second kappa shape index (κ2) is 5.80. The SMILES string of the molecule is CC(C)(CCCO)CNc1ccc(F)cn1. The van der Waals surface area contributed by atoms with Crippen molar-refractivity contribution in [2.24, 2.45) is 5.41 Å². The second-order valence-corrected chi connectivity index (χ2v) is 4.71.